The molecule has 0 aliphatic heterocycles. The molecule has 2 heterocycles. The average molecular weight is 390 g/mol. The Labute approximate surface area is 169 Å². The van der Waals surface area contributed by atoms with Gasteiger partial charge in [-0.3, -0.25) is 0 Å². The standard InChI is InChI=1S/C23H26N4O2/c1-14(2)20(13-28)24-12-16-4-6-17(7-5-16)18-8-9-21-19(11-18)15(3)10-22-25-26-23(29)27(21)22/h4-11,14,20,24,28H,12-13H2,1-3H3,(H,26,29). The summed E-state index contributed by atoms with van der Waals surface area (Å²) in [4.78, 5) is 12.1. The molecule has 0 aliphatic carbocycles. The van der Waals surface area contributed by atoms with Gasteiger partial charge in [0.15, 0.2) is 5.65 Å². The van der Waals surface area contributed by atoms with Crippen molar-refractivity contribution in [2.45, 2.75) is 33.4 Å². The number of hydrogen-bond acceptors (Lipinski definition) is 4. The molecular weight excluding hydrogens is 364 g/mol. The molecule has 0 spiro atoms. The van der Waals surface area contributed by atoms with Crippen LogP contribution in [0.25, 0.3) is 27.7 Å². The quantitative estimate of drug-likeness (QED) is 0.472. The molecule has 4 aromatic rings. The fourth-order valence-electron chi connectivity index (χ4n) is 3.71. The minimum absolute atomic E-state index is 0.0984. The van der Waals surface area contributed by atoms with Crippen molar-refractivity contribution in [1.29, 1.82) is 0 Å². The second kappa shape index (κ2) is 7.81. The third-order valence-corrected chi connectivity index (χ3v) is 5.56. The van der Waals surface area contributed by atoms with E-state index in [9.17, 15) is 9.90 Å². The smallest absolute Gasteiger partial charge is 0.348 e. The second-order valence-electron chi connectivity index (χ2n) is 7.89. The van der Waals surface area contributed by atoms with Gasteiger partial charge in [-0.15, -0.1) is 0 Å². The Hall–Kier alpha value is -2.96. The number of H-pyrrole nitrogens is 1. The van der Waals surface area contributed by atoms with Crippen LogP contribution in [0.15, 0.2) is 53.3 Å². The Kier molecular flexibility index (Phi) is 5.22. The normalized spacial score (nSPS) is 12.9. The van der Waals surface area contributed by atoms with E-state index in [1.165, 1.54) is 5.56 Å². The summed E-state index contributed by atoms with van der Waals surface area (Å²) in [5.74, 6) is 0.384. The summed E-state index contributed by atoms with van der Waals surface area (Å²) in [7, 11) is 0. The van der Waals surface area contributed by atoms with Gasteiger partial charge in [0.25, 0.3) is 0 Å². The van der Waals surface area contributed by atoms with Gasteiger partial charge in [-0.1, -0.05) is 44.2 Å². The first kappa shape index (κ1) is 19.4. The van der Waals surface area contributed by atoms with Crippen molar-refractivity contribution in [3.8, 4) is 11.1 Å². The number of aliphatic hydroxyl groups excluding tert-OH is 1. The lowest BCUT2D eigenvalue weighted by Gasteiger charge is -2.20. The predicted octanol–water partition coefficient (Wildman–Crippen LogP) is 3.26. The molecule has 150 valence electrons. The van der Waals surface area contributed by atoms with E-state index in [1.54, 1.807) is 4.40 Å². The molecular formula is C23H26N4O2. The highest BCUT2D eigenvalue weighted by molar-refractivity contribution is 5.89. The lowest BCUT2D eigenvalue weighted by Crippen LogP contribution is -2.36. The maximum atomic E-state index is 12.1. The van der Waals surface area contributed by atoms with Crippen molar-refractivity contribution in [2.75, 3.05) is 6.61 Å². The van der Waals surface area contributed by atoms with E-state index >= 15 is 0 Å². The summed E-state index contributed by atoms with van der Waals surface area (Å²) in [6, 6.07) is 16.6. The van der Waals surface area contributed by atoms with E-state index < -0.39 is 0 Å². The number of nitrogens with one attached hydrogen (secondary N) is 2. The lowest BCUT2D eigenvalue weighted by molar-refractivity contribution is 0.210. The fraction of sp³-hybridized carbons (Fsp3) is 0.304. The molecule has 29 heavy (non-hydrogen) atoms. The van der Waals surface area contributed by atoms with E-state index in [2.05, 4.69) is 59.7 Å². The van der Waals surface area contributed by atoms with Crippen LogP contribution in [-0.2, 0) is 6.54 Å². The minimum Gasteiger partial charge on any atom is -0.395 e. The van der Waals surface area contributed by atoms with Gasteiger partial charge >= 0.3 is 5.69 Å². The Morgan fingerprint density at radius 3 is 2.52 bits per heavy atom. The van der Waals surface area contributed by atoms with Crippen LogP contribution in [0.5, 0.6) is 0 Å². The van der Waals surface area contributed by atoms with E-state index in [4.69, 9.17) is 0 Å². The third kappa shape index (κ3) is 3.69. The van der Waals surface area contributed by atoms with Crippen LogP contribution in [0.3, 0.4) is 0 Å². The largest absolute Gasteiger partial charge is 0.395 e. The lowest BCUT2D eigenvalue weighted by atomic mass is 10.00. The van der Waals surface area contributed by atoms with Gasteiger partial charge in [-0.25, -0.2) is 14.3 Å². The van der Waals surface area contributed by atoms with E-state index in [0.29, 0.717) is 11.6 Å². The van der Waals surface area contributed by atoms with E-state index in [0.717, 1.165) is 34.1 Å². The highest BCUT2D eigenvalue weighted by Gasteiger charge is 2.12. The molecule has 0 saturated carbocycles. The number of aromatic nitrogens is 3. The van der Waals surface area contributed by atoms with Crippen LogP contribution in [0, 0.1) is 12.8 Å². The molecule has 3 N–H and O–H groups in total. The number of aromatic amines is 1. The molecule has 1 atom stereocenters. The summed E-state index contributed by atoms with van der Waals surface area (Å²) in [6.07, 6.45) is 0. The van der Waals surface area contributed by atoms with Crippen molar-refractivity contribution >= 4 is 16.6 Å². The molecule has 0 saturated heterocycles. The summed E-state index contributed by atoms with van der Waals surface area (Å²) < 4.78 is 1.60. The molecule has 0 bridgehead atoms. The van der Waals surface area contributed by atoms with Crippen molar-refractivity contribution < 1.29 is 5.11 Å². The number of rotatable bonds is 6. The van der Waals surface area contributed by atoms with E-state index in [-0.39, 0.29) is 18.3 Å². The molecule has 6 heteroatoms. The van der Waals surface area contributed by atoms with Gasteiger partial charge in [0.1, 0.15) is 0 Å². The third-order valence-electron chi connectivity index (χ3n) is 5.56. The summed E-state index contributed by atoms with van der Waals surface area (Å²) in [5, 5.41) is 20.5. The summed E-state index contributed by atoms with van der Waals surface area (Å²) >= 11 is 0. The van der Waals surface area contributed by atoms with Gasteiger partial charge in [-0.05, 0) is 53.3 Å². The highest BCUT2D eigenvalue weighted by Crippen LogP contribution is 2.27. The molecule has 0 aliphatic rings. The Morgan fingerprint density at radius 2 is 1.83 bits per heavy atom. The average Bonchev–Trinajstić information content (AvgIpc) is 3.09. The zero-order chi connectivity index (χ0) is 20.5. The highest BCUT2D eigenvalue weighted by atomic mass is 16.3. The first-order valence-corrected chi connectivity index (χ1v) is 9.92. The molecule has 2 aromatic heterocycles. The van der Waals surface area contributed by atoms with Crippen molar-refractivity contribution in [3.63, 3.8) is 0 Å². The number of fused-ring (bicyclic) bond motifs is 3. The minimum atomic E-state index is -0.225. The summed E-state index contributed by atoms with van der Waals surface area (Å²) in [5.41, 5.74) is 5.74. The maximum Gasteiger partial charge on any atom is 0.348 e. The van der Waals surface area contributed by atoms with Gasteiger partial charge in [-0.2, -0.15) is 5.10 Å². The first-order chi connectivity index (χ1) is 14.0. The van der Waals surface area contributed by atoms with E-state index in [1.807, 2.05) is 25.1 Å². The van der Waals surface area contributed by atoms with Crippen LogP contribution in [0.4, 0.5) is 0 Å². The van der Waals surface area contributed by atoms with Crippen LogP contribution in [0.2, 0.25) is 0 Å². The monoisotopic (exact) mass is 390 g/mol. The number of aryl methyl sites for hydroxylation is 1. The van der Waals surface area contributed by atoms with Crippen LogP contribution in [0.1, 0.15) is 25.0 Å². The molecule has 4 rings (SSSR count). The summed E-state index contributed by atoms with van der Waals surface area (Å²) in [6.45, 7) is 7.10. The molecule has 0 amide bonds. The van der Waals surface area contributed by atoms with Crippen molar-refractivity contribution in [2.24, 2.45) is 5.92 Å². The zero-order valence-corrected chi connectivity index (χ0v) is 16.9. The Bertz CT molecular complexity index is 1210. The van der Waals surface area contributed by atoms with Crippen LogP contribution in [-0.4, -0.2) is 32.4 Å². The molecule has 1 unspecified atom stereocenters. The molecule has 0 fully saturated rings. The number of hydrogen-bond donors (Lipinski definition) is 3. The molecule has 2 aromatic carbocycles. The predicted molar refractivity (Wildman–Crippen MR) is 116 cm³/mol. The number of pyridine rings is 1. The van der Waals surface area contributed by atoms with Crippen molar-refractivity contribution in [3.05, 3.63) is 70.1 Å². The molecule has 6 nitrogen and oxygen atoms in total. The van der Waals surface area contributed by atoms with Crippen molar-refractivity contribution in [1.82, 2.24) is 19.9 Å². The Morgan fingerprint density at radius 1 is 1.10 bits per heavy atom. The topological polar surface area (TPSA) is 82.4 Å². The fourth-order valence-corrected chi connectivity index (χ4v) is 3.71. The van der Waals surface area contributed by atoms with Crippen LogP contribution < -0.4 is 11.0 Å². The Balaban J connectivity index is 1.63. The number of benzene rings is 2. The van der Waals surface area contributed by atoms with Gasteiger partial charge in [0.05, 0.1) is 12.1 Å². The first-order valence-electron chi connectivity index (χ1n) is 9.92. The van der Waals surface area contributed by atoms with Gasteiger partial charge in [0.2, 0.25) is 0 Å². The van der Waals surface area contributed by atoms with Gasteiger partial charge < -0.3 is 10.4 Å². The number of nitrogens with zero attached hydrogens (tertiary/aromatic N) is 2. The SMILES string of the molecule is Cc1cc2n[nH]c(=O)n2c2ccc(-c3ccc(CNC(CO)C(C)C)cc3)cc12. The second-order valence-corrected chi connectivity index (χ2v) is 7.89. The van der Waals surface area contributed by atoms with Crippen LogP contribution >= 0.6 is 0 Å². The maximum absolute atomic E-state index is 12.1. The zero-order valence-electron chi connectivity index (χ0n) is 16.9. The van der Waals surface area contributed by atoms with Gasteiger partial charge in [0, 0.05) is 18.0 Å². The number of aliphatic hydroxyl groups is 1. The molecule has 0 radical (unpaired) electrons.